The minimum absolute atomic E-state index is 0. The largest absolute Gasteiger partial charge is 0.366 e. The molecule has 2 rings (SSSR count). The molecule has 7 nitrogen and oxygen atoms in total. The fourth-order valence-corrected chi connectivity index (χ4v) is 4.12. The molecule has 0 atom stereocenters. The van der Waals surface area contributed by atoms with Crippen LogP contribution in [0.5, 0.6) is 0 Å². The monoisotopic (exact) mass is 513 g/mol. The van der Waals surface area contributed by atoms with Gasteiger partial charge in [-0.05, 0) is 26.0 Å². The minimum atomic E-state index is -3.30. The van der Waals surface area contributed by atoms with Gasteiger partial charge >= 0.3 is 0 Å². The summed E-state index contributed by atoms with van der Waals surface area (Å²) in [5.41, 5.74) is 0.612. The molecular formula is C17H29FIN5O2S. The van der Waals surface area contributed by atoms with Gasteiger partial charge in [-0.25, -0.2) is 17.5 Å². The third kappa shape index (κ3) is 7.41. The highest BCUT2D eigenvalue weighted by atomic mass is 127. The molecule has 27 heavy (non-hydrogen) atoms. The van der Waals surface area contributed by atoms with Crippen LogP contribution >= 0.6 is 24.0 Å². The zero-order chi connectivity index (χ0) is 19.2. The Bertz CT molecular complexity index is 722. The van der Waals surface area contributed by atoms with E-state index in [0.717, 1.165) is 0 Å². The van der Waals surface area contributed by atoms with Crippen molar-refractivity contribution in [1.82, 2.24) is 14.9 Å². The van der Waals surface area contributed by atoms with Crippen LogP contribution in [0.25, 0.3) is 0 Å². The fraction of sp³-hybridized carbons (Fsp3) is 0.588. The number of nitrogens with one attached hydrogen (secondary N) is 2. The van der Waals surface area contributed by atoms with Crippen molar-refractivity contribution in [1.29, 1.82) is 0 Å². The molecule has 154 valence electrons. The van der Waals surface area contributed by atoms with Gasteiger partial charge in [0.15, 0.2) is 5.96 Å². The standard InChI is InChI=1S/C17H28FN5O2S.HI/c1-14(2)21-26(24,25)13-8-20-17(19-3)23-11-9-22(10-12-23)16-7-5-4-6-15(16)18;/h4-7,14,21H,8-13H2,1-3H3,(H,19,20);1H. The van der Waals surface area contributed by atoms with Crippen molar-refractivity contribution in [2.24, 2.45) is 4.99 Å². The van der Waals surface area contributed by atoms with Crippen LogP contribution in [0.2, 0.25) is 0 Å². The van der Waals surface area contributed by atoms with Gasteiger partial charge in [-0.1, -0.05) is 12.1 Å². The molecule has 0 amide bonds. The summed E-state index contributed by atoms with van der Waals surface area (Å²) in [7, 11) is -1.63. The van der Waals surface area contributed by atoms with E-state index in [-0.39, 0.29) is 48.1 Å². The number of anilines is 1. The van der Waals surface area contributed by atoms with Crippen molar-refractivity contribution in [3.8, 4) is 0 Å². The van der Waals surface area contributed by atoms with Gasteiger partial charge in [0.2, 0.25) is 10.0 Å². The van der Waals surface area contributed by atoms with Crippen LogP contribution in [0.15, 0.2) is 29.3 Å². The van der Waals surface area contributed by atoms with Crippen molar-refractivity contribution in [3.63, 3.8) is 0 Å². The van der Waals surface area contributed by atoms with Gasteiger partial charge in [0.1, 0.15) is 5.82 Å². The van der Waals surface area contributed by atoms with Crippen molar-refractivity contribution >= 4 is 45.6 Å². The maximum Gasteiger partial charge on any atom is 0.213 e. The first-order valence-corrected chi connectivity index (χ1v) is 10.4. The van der Waals surface area contributed by atoms with E-state index < -0.39 is 10.0 Å². The van der Waals surface area contributed by atoms with Crippen molar-refractivity contribution in [3.05, 3.63) is 30.1 Å². The lowest BCUT2D eigenvalue weighted by atomic mass is 10.2. The predicted molar refractivity (Wildman–Crippen MR) is 119 cm³/mol. The Balaban J connectivity index is 0.00000364. The zero-order valence-electron chi connectivity index (χ0n) is 16.0. The second-order valence-corrected chi connectivity index (χ2v) is 8.36. The minimum Gasteiger partial charge on any atom is -0.366 e. The Labute approximate surface area is 178 Å². The Morgan fingerprint density at radius 1 is 1.22 bits per heavy atom. The lowest BCUT2D eigenvalue weighted by Crippen LogP contribution is -2.53. The topological polar surface area (TPSA) is 77.0 Å². The number of benzene rings is 1. The average molecular weight is 513 g/mol. The molecule has 1 fully saturated rings. The van der Waals surface area contributed by atoms with E-state index in [2.05, 4.69) is 19.9 Å². The van der Waals surface area contributed by atoms with Gasteiger partial charge in [0, 0.05) is 45.8 Å². The molecule has 0 unspecified atom stereocenters. The number of hydrogen-bond donors (Lipinski definition) is 2. The fourth-order valence-electron chi connectivity index (χ4n) is 2.91. The van der Waals surface area contributed by atoms with Crippen LogP contribution in [-0.2, 0) is 10.0 Å². The number of sulfonamides is 1. The second kappa shape index (κ2) is 11.0. The first-order valence-electron chi connectivity index (χ1n) is 8.77. The third-order valence-corrected chi connectivity index (χ3v) is 5.63. The van der Waals surface area contributed by atoms with Crippen LogP contribution in [0.1, 0.15) is 13.8 Å². The normalized spacial score (nSPS) is 15.7. The summed E-state index contributed by atoms with van der Waals surface area (Å²) < 4.78 is 40.2. The third-order valence-electron chi connectivity index (χ3n) is 4.05. The molecule has 1 aliphatic heterocycles. The molecule has 0 aromatic heterocycles. The molecule has 1 saturated heterocycles. The summed E-state index contributed by atoms with van der Waals surface area (Å²) in [4.78, 5) is 8.30. The van der Waals surface area contributed by atoms with Gasteiger partial charge in [-0.15, -0.1) is 24.0 Å². The van der Waals surface area contributed by atoms with E-state index in [1.165, 1.54) is 6.07 Å². The molecule has 1 aromatic carbocycles. The Morgan fingerprint density at radius 2 is 1.85 bits per heavy atom. The smallest absolute Gasteiger partial charge is 0.213 e. The molecule has 0 spiro atoms. The summed E-state index contributed by atoms with van der Waals surface area (Å²) in [6.07, 6.45) is 0. The Morgan fingerprint density at radius 3 is 2.41 bits per heavy atom. The quantitative estimate of drug-likeness (QED) is 0.343. The molecule has 2 N–H and O–H groups in total. The number of nitrogens with zero attached hydrogens (tertiary/aromatic N) is 3. The molecular weight excluding hydrogens is 484 g/mol. The SMILES string of the molecule is CN=C(NCCS(=O)(=O)NC(C)C)N1CCN(c2ccccc2F)CC1.I. The maximum atomic E-state index is 13.9. The van der Waals surface area contributed by atoms with Crippen LogP contribution < -0.4 is 14.9 Å². The maximum absolute atomic E-state index is 13.9. The Kier molecular flexibility index (Phi) is 9.74. The average Bonchev–Trinajstić information content (AvgIpc) is 2.58. The van der Waals surface area contributed by atoms with Crippen LogP contribution in [0.3, 0.4) is 0 Å². The predicted octanol–water partition coefficient (Wildman–Crippen LogP) is 1.47. The summed E-state index contributed by atoms with van der Waals surface area (Å²) >= 11 is 0. The molecule has 0 bridgehead atoms. The van der Waals surface area contributed by atoms with E-state index in [9.17, 15) is 12.8 Å². The van der Waals surface area contributed by atoms with E-state index in [0.29, 0.717) is 37.8 Å². The molecule has 1 heterocycles. The molecule has 0 saturated carbocycles. The number of rotatable bonds is 6. The van der Waals surface area contributed by atoms with E-state index in [4.69, 9.17) is 0 Å². The highest BCUT2D eigenvalue weighted by Crippen LogP contribution is 2.20. The van der Waals surface area contributed by atoms with Crippen LogP contribution in [-0.4, -0.2) is 70.8 Å². The Hall–Kier alpha value is -1.14. The second-order valence-electron chi connectivity index (χ2n) is 6.49. The zero-order valence-corrected chi connectivity index (χ0v) is 19.1. The number of halogens is 2. The number of hydrogen-bond acceptors (Lipinski definition) is 4. The molecule has 1 aliphatic rings. The number of aliphatic imine (C=N–C) groups is 1. The summed E-state index contributed by atoms with van der Waals surface area (Å²) in [5.74, 6) is 0.434. The van der Waals surface area contributed by atoms with Crippen molar-refractivity contribution < 1.29 is 12.8 Å². The van der Waals surface area contributed by atoms with E-state index >= 15 is 0 Å². The molecule has 1 aromatic rings. The summed E-state index contributed by atoms with van der Waals surface area (Å²) in [5, 5.41) is 3.10. The first kappa shape index (κ1) is 23.9. The number of para-hydroxylation sites is 1. The van der Waals surface area contributed by atoms with Gasteiger partial charge in [-0.3, -0.25) is 4.99 Å². The number of piperazine rings is 1. The molecule has 10 heteroatoms. The van der Waals surface area contributed by atoms with Gasteiger partial charge in [0.05, 0.1) is 11.4 Å². The van der Waals surface area contributed by atoms with Gasteiger partial charge < -0.3 is 15.1 Å². The van der Waals surface area contributed by atoms with Crippen LogP contribution in [0.4, 0.5) is 10.1 Å². The van der Waals surface area contributed by atoms with Gasteiger partial charge in [-0.2, -0.15) is 0 Å². The lowest BCUT2D eigenvalue weighted by molar-refractivity contribution is 0.371. The number of guanidine groups is 1. The summed E-state index contributed by atoms with van der Waals surface area (Å²) in [6.45, 7) is 6.58. The van der Waals surface area contributed by atoms with Crippen molar-refractivity contribution in [2.45, 2.75) is 19.9 Å². The van der Waals surface area contributed by atoms with Crippen molar-refractivity contribution in [2.75, 3.05) is 50.4 Å². The van der Waals surface area contributed by atoms with Crippen LogP contribution in [0, 0.1) is 5.82 Å². The summed E-state index contributed by atoms with van der Waals surface area (Å²) in [6, 6.07) is 6.64. The molecule has 0 aliphatic carbocycles. The molecule has 0 radical (unpaired) electrons. The highest BCUT2D eigenvalue weighted by molar-refractivity contribution is 14.0. The van der Waals surface area contributed by atoms with Gasteiger partial charge in [0.25, 0.3) is 0 Å². The van der Waals surface area contributed by atoms with E-state index in [1.807, 2.05) is 11.0 Å². The van der Waals surface area contributed by atoms with E-state index in [1.54, 1.807) is 33.0 Å². The first-order chi connectivity index (χ1) is 12.3. The lowest BCUT2D eigenvalue weighted by Gasteiger charge is -2.37. The highest BCUT2D eigenvalue weighted by Gasteiger charge is 2.21.